The Morgan fingerprint density at radius 2 is 2.04 bits per heavy atom. The summed E-state index contributed by atoms with van der Waals surface area (Å²) in [5, 5.41) is 5.45. The van der Waals surface area contributed by atoms with Crippen LogP contribution in [0.2, 0.25) is 0 Å². The maximum Gasteiger partial charge on any atom is 0.217 e. The number of halogens is 2. The highest BCUT2D eigenvalue weighted by Gasteiger charge is 2.25. The summed E-state index contributed by atoms with van der Waals surface area (Å²) >= 11 is 7.04. The number of carbonyl (C=O) groups excluding carboxylic acids is 1. The number of carbonyl (C=O) groups is 1. The zero-order chi connectivity index (χ0) is 16.8. The molecule has 0 saturated heterocycles. The van der Waals surface area contributed by atoms with E-state index in [2.05, 4.69) is 72.2 Å². The summed E-state index contributed by atoms with van der Waals surface area (Å²) in [5.41, 5.74) is 8.80. The van der Waals surface area contributed by atoms with Gasteiger partial charge in [-0.25, -0.2) is 0 Å². The molecule has 0 fully saturated rings. The molecule has 1 unspecified atom stereocenters. The van der Waals surface area contributed by atoms with Crippen LogP contribution in [0.3, 0.4) is 0 Å². The van der Waals surface area contributed by atoms with E-state index in [1.54, 1.807) is 0 Å². The number of hydrogen-bond donors (Lipinski definition) is 2. The monoisotopic (exact) mass is 446 g/mol. The first-order valence-corrected chi connectivity index (χ1v) is 10.1. The molecule has 3 N–H and O–H groups in total. The lowest BCUT2D eigenvalue weighted by molar-refractivity contribution is -0.118. The minimum atomic E-state index is -0.231. The van der Waals surface area contributed by atoms with Crippen LogP contribution in [-0.4, -0.2) is 42.9 Å². The van der Waals surface area contributed by atoms with Gasteiger partial charge in [0.25, 0.3) is 0 Å². The lowest BCUT2D eigenvalue weighted by Gasteiger charge is -2.24. The van der Waals surface area contributed by atoms with Crippen molar-refractivity contribution >= 4 is 54.8 Å². The second-order valence-corrected chi connectivity index (χ2v) is 7.28. The van der Waals surface area contributed by atoms with Gasteiger partial charge in [0.05, 0.1) is 17.5 Å². The molecule has 1 aliphatic heterocycles. The maximum atomic E-state index is 10.9. The fourth-order valence-electron chi connectivity index (χ4n) is 2.90. The van der Waals surface area contributed by atoms with E-state index in [4.69, 9.17) is 5.73 Å². The highest BCUT2D eigenvalue weighted by Crippen LogP contribution is 2.37. The third-order valence-electron chi connectivity index (χ3n) is 4.12. The second-order valence-electron chi connectivity index (χ2n) is 5.70. The molecule has 1 atom stereocenters. The first kappa shape index (κ1) is 18.4. The molecule has 1 aromatic rings. The van der Waals surface area contributed by atoms with Crippen molar-refractivity contribution in [3.05, 3.63) is 18.2 Å². The molecule has 1 aromatic carbocycles. The number of hydrogen-bond acceptors (Lipinski definition) is 4. The summed E-state index contributed by atoms with van der Waals surface area (Å²) in [4.78, 5) is 15.5. The Morgan fingerprint density at radius 1 is 1.35 bits per heavy atom. The van der Waals surface area contributed by atoms with Gasteiger partial charge >= 0.3 is 0 Å². The number of nitrogens with two attached hydrogens (primary N) is 1. The van der Waals surface area contributed by atoms with Crippen molar-refractivity contribution in [2.24, 2.45) is 5.73 Å². The van der Waals surface area contributed by atoms with Crippen LogP contribution in [0.15, 0.2) is 18.2 Å². The van der Waals surface area contributed by atoms with Gasteiger partial charge in [-0.2, -0.15) is 0 Å². The number of amides is 1. The Balaban J connectivity index is 2.06. The summed E-state index contributed by atoms with van der Waals surface area (Å²) in [6.45, 7) is 1.95. The number of rotatable bonds is 9. The zero-order valence-electron chi connectivity index (χ0n) is 13.4. The molecular weight excluding hydrogens is 424 g/mol. The summed E-state index contributed by atoms with van der Waals surface area (Å²) in [7, 11) is 2.09. The quantitative estimate of drug-likeness (QED) is 0.571. The van der Waals surface area contributed by atoms with Crippen molar-refractivity contribution in [1.82, 2.24) is 0 Å². The molecule has 0 aliphatic carbocycles. The number of primary amides is 1. The van der Waals surface area contributed by atoms with Gasteiger partial charge in [-0.1, -0.05) is 31.9 Å². The normalized spacial score (nSPS) is 16.1. The number of fused-ring (bicyclic) bond motifs is 1. The van der Waals surface area contributed by atoms with E-state index in [0.717, 1.165) is 42.3 Å². The molecule has 0 radical (unpaired) electrons. The molecule has 5 nitrogen and oxygen atoms in total. The standard InChI is InChI=1S/C16H24Br2N4O/c1-21-14-6-5-12(22(9-7-17)10-8-18)11-13(14)20-16(21)4-2-3-15(19)23/h5-6,11,16,20H,2-4,7-10H2,1H3,(H2,19,23). The zero-order valence-corrected chi connectivity index (χ0v) is 16.6. The molecule has 0 saturated carbocycles. The van der Waals surface area contributed by atoms with Gasteiger partial charge in [0.2, 0.25) is 5.91 Å². The van der Waals surface area contributed by atoms with Crippen molar-refractivity contribution in [2.75, 3.05) is 45.9 Å². The number of nitrogens with one attached hydrogen (secondary N) is 1. The third kappa shape index (κ3) is 4.76. The van der Waals surface area contributed by atoms with Crippen molar-refractivity contribution in [3.8, 4) is 0 Å². The molecule has 1 amide bonds. The fraction of sp³-hybridized carbons (Fsp3) is 0.562. The molecule has 128 valence electrons. The van der Waals surface area contributed by atoms with E-state index in [1.165, 1.54) is 11.4 Å². The van der Waals surface area contributed by atoms with Crippen molar-refractivity contribution in [3.63, 3.8) is 0 Å². The van der Waals surface area contributed by atoms with Gasteiger partial charge in [-0.15, -0.1) is 0 Å². The Bertz CT molecular complexity index is 535. The predicted octanol–water partition coefficient (Wildman–Crippen LogP) is 3.13. The van der Waals surface area contributed by atoms with E-state index in [1.807, 2.05) is 0 Å². The molecule has 1 aliphatic rings. The molecule has 0 spiro atoms. The van der Waals surface area contributed by atoms with Crippen molar-refractivity contribution in [1.29, 1.82) is 0 Å². The van der Waals surface area contributed by atoms with Crippen LogP contribution >= 0.6 is 31.9 Å². The summed E-state index contributed by atoms with van der Waals surface area (Å²) < 4.78 is 0. The Labute approximate surface area is 154 Å². The molecule has 0 bridgehead atoms. The molecule has 0 aromatic heterocycles. The van der Waals surface area contributed by atoms with Crippen molar-refractivity contribution < 1.29 is 4.79 Å². The second kappa shape index (κ2) is 8.78. The number of alkyl halides is 2. The van der Waals surface area contributed by atoms with Crippen LogP contribution in [-0.2, 0) is 4.79 Å². The van der Waals surface area contributed by atoms with Crippen LogP contribution < -0.4 is 20.9 Å². The van der Waals surface area contributed by atoms with Crippen molar-refractivity contribution in [2.45, 2.75) is 25.4 Å². The average Bonchev–Trinajstić information content (AvgIpc) is 2.83. The SMILES string of the molecule is CN1c2ccc(N(CCBr)CCBr)cc2NC1CCCC(N)=O. The average molecular weight is 448 g/mol. The lowest BCUT2D eigenvalue weighted by atomic mass is 10.2. The van der Waals surface area contributed by atoms with Gasteiger partial charge in [0.15, 0.2) is 0 Å². The Kier molecular flexibility index (Phi) is 7.02. The third-order valence-corrected chi connectivity index (χ3v) is 4.83. The fourth-order valence-corrected chi connectivity index (χ4v) is 3.75. The predicted molar refractivity (Wildman–Crippen MR) is 105 cm³/mol. The van der Waals surface area contributed by atoms with E-state index in [9.17, 15) is 4.79 Å². The first-order valence-electron chi connectivity index (χ1n) is 7.85. The van der Waals surface area contributed by atoms with Crippen LogP contribution in [0.1, 0.15) is 19.3 Å². The summed E-state index contributed by atoms with van der Waals surface area (Å²) in [5.74, 6) is -0.231. The summed E-state index contributed by atoms with van der Waals surface area (Å²) in [6, 6.07) is 6.56. The van der Waals surface area contributed by atoms with Gasteiger partial charge < -0.3 is 20.9 Å². The lowest BCUT2D eigenvalue weighted by Crippen LogP contribution is -2.32. The first-order chi connectivity index (χ1) is 11.1. The van der Waals surface area contributed by atoms with Crippen LogP contribution in [0.4, 0.5) is 17.1 Å². The molecular formula is C16H24Br2N4O. The van der Waals surface area contributed by atoms with E-state index >= 15 is 0 Å². The largest absolute Gasteiger partial charge is 0.370 e. The van der Waals surface area contributed by atoms with Crippen LogP contribution in [0, 0.1) is 0 Å². The smallest absolute Gasteiger partial charge is 0.217 e. The van der Waals surface area contributed by atoms with Gasteiger partial charge in [0.1, 0.15) is 0 Å². The Hall–Kier alpha value is -0.950. The van der Waals surface area contributed by atoms with Crippen LogP contribution in [0.25, 0.3) is 0 Å². The number of nitrogens with zero attached hydrogens (tertiary/aromatic N) is 2. The topological polar surface area (TPSA) is 61.6 Å². The molecule has 1 heterocycles. The highest BCUT2D eigenvalue weighted by molar-refractivity contribution is 9.09. The molecule has 2 rings (SSSR count). The van der Waals surface area contributed by atoms with E-state index < -0.39 is 0 Å². The maximum absolute atomic E-state index is 10.9. The summed E-state index contributed by atoms with van der Waals surface area (Å²) in [6.07, 6.45) is 2.37. The minimum Gasteiger partial charge on any atom is -0.370 e. The van der Waals surface area contributed by atoms with Gasteiger partial charge in [-0.3, -0.25) is 4.79 Å². The van der Waals surface area contributed by atoms with Crippen LogP contribution in [0.5, 0.6) is 0 Å². The number of anilines is 3. The van der Waals surface area contributed by atoms with E-state index in [0.29, 0.717) is 6.42 Å². The van der Waals surface area contributed by atoms with E-state index in [-0.39, 0.29) is 12.1 Å². The number of benzene rings is 1. The minimum absolute atomic E-state index is 0.223. The molecule has 23 heavy (non-hydrogen) atoms. The molecule has 7 heteroatoms. The Morgan fingerprint density at radius 3 is 2.65 bits per heavy atom. The van der Waals surface area contributed by atoms with Gasteiger partial charge in [-0.05, 0) is 31.0 Å². The van der Waals surface area contributed by atoms with Gasteiger partial charge in [0, 0.05) is 42.9 Å². The highest BCUT2D eigenvalue weighted by atomic mass is 79.9.